The third-order valence-corrected chi connectivity index (χ3v) is 4.07. The van der Waals surface area contributed by atoms with Crippen LogP contribution in [0.15, 0.2) is 74.8 Å². The third kappa shape index (κ3) is 2.71. The van der Waals surface area contributed by atoms with Gasteiger partial charge in [0.05, 0.1) is 23.6 Å². The highest BCUT2D eigenvalue weighted by Gasteiger charge is 2.14. The van der Waals surface area contributed by atoms with Crippen molar-refractivity contribution in [3.05, 3.63) is 81.7 Å². The maximum Gasteiger partial charge on any atom is 0.345 e. The minimum absolute atomic E-state index is 0.299. The summed E-state index contributed by atoms with van der Waals surface area (Å²) in [6.45, 7) is 2.36. The number of aromatic nitrogens is 2. The fraction of sp³-hybridized carbons (Fsp3) is 0.100. The van der Waals surface area contributed by atoms with E-state index in [2.05, 4.69) is 4.98 Å². The van der Waals surface area contributed by atoms with Crippen molar-refractivity contribution >= 4 is 11.0 Å². The van der Waals surface area contributed by atoms with Gasteiger partial charge >= 0.3 is 11.3 Å². The van der Waals surface area contributed by atoms with Crippen molar-refractivity contribution in [2.24, 2.45) is 0 Å². The van der Waals surface area contributed by atoms with Crippen LogP contribution in [0.4, 0.5) is 0 Å². The molecule has 130 valence electrons. The maximum absolute atomic E-state index is 12.5. The van der Waals surface area contributed by atoms with Crippen LogP contribution in [-0.4, -0.2) is 16.2 Å². The second kappa shape index (κ2) is 6.40. The molecule has 4 aromatic rings. The number of benzene rings is 2. The highest BCUT2D eigenvalue weighted by molar-refractivity contribution is 5.80. The molecule has 2 aromatic carbocycles. The van der Waals surface area contributed by atoms with Crippen molar-refractivity contribution in [2.75, 3.05) is 6.61 Å². The summed E-state index contributed by atoms with van der Waals surface area (Å²) in [6.07, 6.45) is 1.58. The van der Waals surface area contributed by atoms with Crippen LogP contribution < -0.4 is 16.1 Å². The fourth-order valence-electron chi connectivity index (χ4n) is 2.89. The number of imidazole rings is 1. The van der Waals surface area contributed by atoms with E-state index in [0.717, 1.165) is 5.39 Å². The predicted molar refractivity (Wildman–Crippen MR) is 99.0 cm³/mol. The monoisotopic (exact) mass is 348 g/mol. The molecule has 0 unspecified atom stereocenters. The summed E-state index contributed by atoms with van der Waals surface area (Å²) < 4.78 is 12.4. The Morgan fingerprint density at radius 1 is 1.08 bits per heavy atom. The van der Waals surface area contributed by atoms with Gasteiger partial charge in [-0.3, -0.25) is 4.57 Å². The average Bonchev–Trinajstić information content (AvgIpc) is 3.03. The first-order valence-electron chi connectivity index (χ1n) is 8.24. The van der Waals surface area contributed by atoms with Crippen LogP contribution >= 0.6 is 0 Å². The molecule has 0 saturated carbocycles. The maximum atomic E-state index is 12.5. The van der Waals surface area contributed by atoms with Crippen molar-refractivity contribution in [3.8, 4) is 22.7 Å². The molecule has 0 atom stereocenters. The van der Waals surface area contributed by atoms with E-state index in [9.17, 15) is 9.59 Å². The van der Waals surface area contributed by atoms with Crippen LogP contribution in [0.2, 0.25) is 0 Å². The lowest BCUT2D eigenvalue weighted by Gasteiger charge is -2.09. The smallest absolute Gasteiger partial charge is 0.345 e. The second-order valence-electron chi connectivity index (χ2n) is 5.73. The zero-order valence-corrected chi connectivity index (χ0v) is 14.1. The number of fused-ring (bicyclic) bond motifs is 1. The van der Waals surface area contributed by atoms with Gasteiger partial charge in [0, 0.05) is 11.6 Å². The van der Waals surface area contributed by atoms with Gasteiger partial charge in [-0.05, 0) is 31.2 Å². The Hall–Kier alpha value is -3.54. The molecule has 0 aliphatic rings. The second-order valence-corrected chi connectivity index (χ2v) is 5.73. The topological polar surface area (TPSA) is 77.2 Å². The van der Waals surface area contributed by atoms with E-state index < -0.39 is 5.63 Å². The Bertz CT molecular complexity index is 1200. The van der Waals surface area contributed by atoms with Gasteiger partial charge < -0.3 is 14.1 Å². The van der Waals surface area contributed by atoms with E-state index >= 15 is 0 Å². The largest absolute Gasteiger partial charge is 0.492 e. The van der Waals surface area contributed by atoms with Gasteiger partial charge in [0.15, 0.2) is 0 Å². The highest BCUT2D eigenvalue weighted by Crippen LogP contribution is 2.24. The number of nitrogens with one attached hydrogen (secondary N) is 1. The van der Waals surface area contributed by atoms with E-state index in [1.54, 1.807) is 36.5 Å². The van der Waals surface area contributed by atoms with Crippen LogP contribution in [0.1, 0.15) is 6.92 Å². The molecule has 0 bridgehead atoms. The molecule has 0 saturated heterocycles. The number of hydrogen-bond acceptors (Lipinski definition) is 4. The Labute approximate surface area is 148 Å². The standard InChI is InChI=1S/C20H16N2O4/c1-2-25-18-10-6-4-8-16(18)22-12-15(21-20(22)24)14-11-13-7-3-5-9-17(13)26-19(14)23/h3-12H,2H2,1H3,(H,21,24). The molecule has 26 heavy (non-hydrogen) atoms. The quantitative estimate of drug-likeness (QED) is 0.574. The number of H-pyrrole nitrogens is 1. The van der Waals surface area contributed by atoms with Crippen molar-refractivity contribution in [2.45, 2.75) is 6.92 Å². The zero-order chi connectivity index (χ0) is 18.1. The molecule has 0 fully saturated rings. The number of nitrogens with zero attached hydrogens (tertiary/aromatic N) is 1. The molecule has 1 N–H and O–H groups in total. The van der Waals surface area contributed by atoms with Crippen molar-refractivity contribution in [1.29, 1.82) is 0 Å². The van der Waals surface area contributed by atoms with E-state index in [1.807, 2.05) is 31.2 Å². The van der Waals surface area contributed by atoms with E-state index in [1.165, 1.54) is 4.57 Å². The lowest BCUT2D eigenvalue weighted by molar-refractivity contribution is 0.339. The molecule has 2 heterocycles. The number of para-hydroxylation sites is 3. The lowest BCUT2D eigenvalue weighted by atomic mass is 10.1. The molecule has 4 rings (SSSR count). The van der Waals surface area contributed by atoms with Gasteiger partial charge in [0.1, 0.15) is 11.3 Å². The minimum Gasteiger partial charge on any atom is -0.492 e. The zero-order valence-electron chi connectivity index (χ0n) is 14.1. The summed E-state index contributed by atoms with van der Waals surface area (Å²) in [7, 11) is 0. The minimum atomic E-state index is -0.504. The summed E-state index contributed by atoms with van der Waals surface area (Å²) in [5.74, 6) is 0.591. The Morgan fingerprint density at radius 2 is 1.85 bits per heavy atom. The predicted octanol–water partition coefficient (Wildman–Crippen LogP) is 3.34. The van der Waals surface area contributed by atoms with E-state index in [-0.39, 0.29) is 5.69 Å². The Morgan fingerprint density at radius 3 is 2.69 bits per heavy atom. The van der Waals surface area contributed by atoms with Gasteiger partial charge in [-0.2, -0.15) is 0 Å². The number of ether oxygens (including phenoxy) is 1. The lowest BCUT2D eigenvalue weighted by Crippen LogP contribution is -2.15. The highest BCUT2D eigenvalue weighted by atomic mass is 16.5. The Balaban J connectivity index is 1.87. The van der Waals surface area contributed by atoms with Gasteiger partial charge in [-0.15, -0.1) is 0 Å². The number of aromatic amines is 1. The van der Waals surface area contributed by atoms with E-state index in [4.69, 9.17) is 9.15 Å². The SMILES string of the molecule is CCOc1ccccc1-n1cc(-c2cc3ccccc3oc2=O)[nH]c1=O. The fourth-order valence-corrected chi connectivity index (χ4v) is 2.89. The van der Waals surface area contributed by atoms with Crippen molar-refractivity contribution < 1.29 is 9.15 Å². The summed E-state index contributed by atoms with van der Waals surface area (Å²) in [6, 6.07) is 16.2. The molecule has 6 heteroatoms. The normalized spacial score (nSPS) is 11.0. The first kappa shape index (κ1) is 16.0. The number of hydrogen-bond donors (Lipinski definition) is 1. The van der Waals surface area contributed by atoms with Gasteiger partial charge in [-0.25, -0.2) is 9.59 Å². The Kier molecular flexibility index (Phi) is 3.93. The first-order valence-corrected chi connectivity index (χ1v) is 8.24. The molecular formula is C20H16N2O4. The molecule has 0 spiro atoms. The van der Waals surface area contributed by atoms with E-state index in [0.29, 0.717) is 34.9 Å². The van der Waals surface area contributed by atoms with Crippen molar-refractivity contribution in [3.63, 3.8) is 0 Å². The molecule has 0 aliphatic heterocycles. The third-order valence-electron chi connectivity index (χ3n) is 4.07. The molecule has 0 radical (unpaired) electrons. The molecule has 0 aliphatic carbocycles. The first-order chi connectivity index (χ1) is 12.7. The molecule has 6 nitrogen and oxygen atoms in total. The molecular weight excluding hydrogens is 332 g/mol. The average molecular weight is 348 g/mol. The van der Waals surface area contributed by atoms with Crippen LogP contribution in [0.5, 0.6) is 5.75 Å². The van der Waals surface area contributed by atoms with Crippen LogP contribution in [0.25, 0.3) is 27.9 Å². The van der Waals surface area contributed by atoms with Crippen molar-refractivity contribution in [1.82, 2.24) is 9.55 Å². The van der Waals surface area contributed by atoms with Crippen LogP contribution in [-0.2, 0) is 0 Å². The van der Waals surface area contributed by atoms with Crippen LogP contribution in [0, 0.1) is 0 Å². The summed E-state index contributed by atoms with van der Waals surface area (Å²) in [4.78, 5) is 27.5. The molecule has 2 aromatic heterocycles. The van der Waals surface area contributed by atoms with Gasteiger partial charge in [0.25, 0.3) is 0 Å². The van der Waals surface area contributed by atoms with Gasteiger partial charge in [0.2, 0.25) is 0 Å². The summed E-state index contributed by atoms with van der Waals surface area (Å²) in [5, 5.41) is 0.783. The van der Waals surface area contributed by atoms with Gasteiger partial charge in [-0.1, -0.05) is 30.3 Å². The van der Waals surface area contributed by atoms with Crippen LogP contribution in [0.3, 0.4) is 0 Å². The summed E-state index contributed by atoms with van der Waals surface area (Å²) >= 11 is 0. The number of rotatable bonds is 4. The molecule has 0 amide bonds. The summed E-state index contributed by atoms with van der Waals surface area (Å²) in [5.41, 5.74) is 0.931.